The lowest BCUT2D eigenvalue weighted by atomic mass is 9.97. The van der Waals surface area contributed by atoms with Crippen molar-refractivity contribution in [2.45, 2.75) is 18.9 Å². The minimum absolute atomic E-state index is 0.0670. The molecule has 1 atom stereocenters. The standard InChI is InChI=1S/C26H28ClN5O2/c1-30-12-13-32(26(30)34)23-8-7-17(14-22(23)27)20-5-2-6-21(25(20)33)18-9-10-29-24(15-18)31-11-3-4-19(28)16-31/h2,5-10,14-15,19,33H,3-4,11-13,16,28H2,1H3. The van der Waals surface area contributed by atoms with E-state index in [2.05, 4.69) is 9.88 Å². The van der Waals surface area contributed by atoms with Gasteiger partial charge in [0.25, 0.3) is 0 Å². The molecule has 8 heteroatoms. The second kappa shape index (κ2) is 9.16. The second-order valence-corrected chi connectivity index (χ2v) is 9.38. The van der Waals surface area contributed by atoms with Gasteiger partial charge in [-0.1, -0.05) is 35.9 Å². The number of phenols is 1. The van der Waals surface area contributed by atoms with Crippen molar-refractivity contribution in [2.24, 2.45) is 5.73 Å². The number of phenolic OH excluding ortho intramolecular Hbond substituents is 1. The van der Waals surface area contributed by atoms with E-state index in [0.717, 1.165) is 48.4 Å². The Bertz CT molecular complexity index is 1230. The number of pyridine rings is 1. The summed E-state index contributed by atoms with van der Waals surface area (Å²) in [5, 5.41) is 11.7. The third-order valence-electron chi connectivity index (χ3n) is 6.64. The molecule has 2 aliphatic heterocycles. The van der Waals surface area contributed by atoms with Crippen molar-refractivity contribution in [1.82, 2.24) is 9.88 Å². The number of hydrogen-bond acceptors (Lipinski definition) is 5. The van der Waals surface area contributed by atoms with Crippen molar-refractivity contribution in [3.05, 3.63) is 59.8 Å². The molecule has 2 amide bonds. The Morgan fingerprint density at radius 3 is 2.50 bits per heavy atom. The Morgan fingerprint density at radius 1 is 1.06 bits per heavy atom. The monoisotopic (exact) mass is 477 g/mol. The van der Waals surface area contributed by atoms with Gasteiger partial charge in [0.05, 0.1) is 10.7 Å². The molecule has 2 saturated heterocycles. The average Bonchev–Trinajstić information content (AvgIpc) is 3.17. The summed E-state index contributed by atoms with van der Waals surface area (Å²) in [4.78, 5) is 22.4. The zero-order valence-electron chi connectivity index (χ0n) is 19.1. The Kier molecular flexibility index (Phi) is 6.06. The van der Waals surface area contributed by atoms with E-state index >= 15 is 0 Å². The summed E-state index contributed by atoms with van der Waals surface area (Å²) in [5.74, 6) is 1.04. The fraction of sp³-hybridized carbons (Fsp3) is 0.308. The Morgan fingerprint density at radius 2 is 1.82 bits per heavy atom. The number of carbonyl (C=O) groups is 1. The average molecular weight is 478 g/mol. The van der Waals surface area contributed by atoms with Gasteiger partial charge in [0, 0.05) is 56.6 Å². The molecule has 3 heterocycles. The highest BCUT2D eigenvalue weighted by molar-refractivity contribution is 6.34. The number of aromatic hydroxyl groups is 1. The highest BCUT2D eigenvalue weighted by Crippen LogP contribution is 2.41. The number of piperidine rings is 1. The Balaban J connectivity index is 1.46. The van der Waals surface area contributed by atoms with E-state index in [-0.39, 0.29) is 17.8 Å². The molecule has 1 unspecified atom stereocenters. The first-order valence-electron chi connectivity index (χ1n) is 11.5. The van der Waals surface area contributed by atoms with E-state index in [0.29, 0.717) is 29.4 Å². The maximum Gasteiger partial charge on any atom is 0.324 e. The number of hydrogen-bond donors (Lipinski definition) is 2. The normalized spacial score (nSPS) is 18.6. The molecule has 0 spiro atoms. The van der Waals surface area contributed by atoms with E-state index in [1.165, 1.54) is 0 Å². The van der Waals surface area contributed by atoms with Gasteiger partial charge in [0.15, 0.2) is 0 Å². The van der Waals surface area contributed by atoms with Gasteiger partial charge in [-0.25, -0.2) is 9.78 Å². The van der Waals surface area contributed by atoms with Crippen LogP contribution in [0.25, 0.3) is 22.3 Å². The molecule has 2 fully saturated rings. The van der Waals surface area contributed by atoms with Crippen LogP contribution in [0.2, 0.25) is 5.02 Å². The van der Waals surface area contributed by atoms with Gasteiger partial charge in [-0.3, -0.25) is 4.90 Å². The van der Waals surface area contributed by atoms with Crippen molar-refractivity contribution >= 4 is 29.1 Å². The lowest BCUT2D eigenvalue weighted by Gasteiger charge is -2.31. The van der Waals surface area contributed by atoms with Crippen LogP contribution < -0.4 is 15.5 Å². The number of urea groups is 1. The summed E-state index contributed by atoms with van der Waals surface area (Å²) in [5.41, 5.74) is 9.89. The molecule has 2 aromatic carbocycles. The number of anilines is 2. The van der Waals surface area contributed by atoms with E-state index in [1.54, 1.807) is 29.1 Å². The number of likely N-dealkylation sites (N-methyl/N-ethyl adjacent to an activating group) is 1. The van der Waals surface area contributed by atoms with Crippen molar-refractivity contribution in [3.8, 4) is 28.0 Å². The van der Waals surface area contributed by atoms with Gasteiger partial charge in [-0.15, -0.1) is 0 Å². The number of carbonyl (C=O) groups excluding carboxylic acids is 1. The SMILES string of the molecule is CN1CCN(c2ccc(-c3cccc(-c4ccnc(N5CCCC(N)C5)c4)c3O)cc2Cl)C1=O. The van der Waals surface area contributed by atoms with Crippen LogP contribution in [0.4, 0.5) is 16.3 Å². The highest BCUT2D eigenvalue weighted by atomic mass is 35.5. The van der Waals surface area contributed by atoms with E-state index in [9.17, 15) is 9.90 Å². The molecule has 0 bridgehead atoms. The number of halogens is 1. The molecule has 0 aliphatic carbocycles. The minimum Gasteiger partial charge on any atom is -0.507 e. The van der Waals surface area contributed by atoms with Gasteiger partial charge in [-0.2, -0.15) is 0 Å². The molecule has 0 saturated carbocycles. The fourth-order valence-electron chi connectivity index (χ4n) is 4.75. The summed E-state index contributed by atoms with van der Waals surface area (Å²) in [7, 11) is 1.78. The van der Waals surface area contributed by atoms with Crippen molar-refractivity contribution in [2.75, 3.05) is 43.0 Å². The minimum atomic E-state index is -0.0670. The Labute approximate surface area is 204 Å². The van der Waals surface area contributed by atoms with Crippen LogP contribution in [0.15, 0.2) is 54.7 Å². The molecule has 2 aliphatic rings. The summed E-state index contributed by atoms with van der Waals surface area (Å²) >= 11 is 6.58. The quantitative estimate of drug-likeness (QED) is 0.574. The van der Waals surface area contributed by atoms with Gasteiger partial charge in [-0.05, 0) is 48.2 Å². The molecular formula is C26H28ClN5O2. The molecule has 34 heavy (non-hydrogen) atoms. The van der Waals surface area contributed by atoms with Crippen LogP contribution in [-0.4, -0.2) is 60.3 Å². The van der Waals surface area contributed by atoms with Crippen LogP contribution in [-0.2, 0) is 0 Å². The van der Waals surface area contributed by atoms with Gasteiger partial charge in [0.1, 0.15) is 11.6 Å². The number of benzene rings is 2. The first-order valence-corrected chi connectivity index (χ1v) is 11.9. The van der Waals surface area contributed by atoms with Gasteiger partial charge >= 0.3 is 6.03 Å². The summed E-state index contributed by atoms with van der Waals surface area (Å²) < 4.78 is 0. The lowest BCUT2D eigenvalue weighted by Crippen LogP contribution is -2.43. The topological polar surface area (TPSA) is 85.9 Å². The Hall–Kier alpha value is -3.29. The van der Waals surface area contributed by atoms with Crippen LogP contribution in [0, 0.1) is 0 Å². The molecular weight excluding hydrogens is 450 g/mol. The van der Waals surface area contributed by atoms with Gasteiger partial charge < -0.3 is 20.6 Å². The molecule has 0 radical (unpaired) electrons. The third-order valence-corrected chi connectivity index (χ3v) is 6.94. The molecule has 5 rings (SSSR count). The first kappa shape index (κ1) is 22.5. The van der Waals surface area contributed by atoms with Crippen LogP contribution in [0.1, 0.15) is 12.8 Å². The number of nitrogens with zero attached hydrogens (tertiary/aromatic N) is 4. The second-order valence-electron chi connectivity index (χ2n) is 8.97. The fourth-order valence-corrected chi connectivity index (χ4v) is 5.03. The molecule has 1 aromatic heterocycles. The maximum atomic E-state index is 12.4. The van der Waals surface area contributed by atoms with E-state index < -0.39 is 0 Å². The summed E-state index contributed by atoms with van der Waals surface area (Å²) in [6.07, 6.45) is 3.85. The highest BCUT2D eigenvalue weighted by Gasteiger charge is 2.28. The number of para-hydroxylation sites is 1. The predicted octanol–water partition coefficient (Wildman–Crippen LogP) is 4.57. The number of amides is 2. The van der Waals surface area contributed by atoms with Crippen molar-refractivity contribution < 1.29 is 9.90 Å². The summed E-state index contributed by atoms with van der Waals surface area (Å²) in [6, 6.07) is 15.2. The smallest absolute Gasteiger partial charge is 0.324 e. The van der Waals surface area contributed by atoms with Crippen molar-refractivity contribution in [3.63, 3.8) is 0 Å². The van der Waals surface area contributed by atoms with Crippen LogP contribution in [0.5, 0.6) is 5.75 Å². The van der Waals surface area contributed by atoms with E-state index in [1.807, 2.05) is 42.5 Å². The van der Waals surface area contributed by atoms with Crippen molar-refractivity contribution in [1.29, 1.82) is 0 Å². The summed E-state index contributed by atoms with van der Waals surface area (Å²) in [6.45, 7) is 2.97. The molecule has 3 aromatic rings. The van der Waals surface area contributed by atoms with Gasteiger partial charge in [0.2, 0.25) is 0 Å². The largest absolute Gasteiger partial charge is 0.507 e. The van der Waals surface area contributed by atoms with Crippen LogP contribution in [0.3, 0.4) is 0 Å². The zero-order valence-corrected chi connectivity index (χ0v) is 19.9. The maximum absolute atomic E-state index is 12.4. The zero-order chi connectivity index (χ0) is 23.8. The lowest BCUT2D eigenvalue weighted by molar-refractivity contribution is 0.229. The number of rotatable bonds is 4. The molecule has 7 nitrogen and oxygen atoms in total. The molecule has 176 valence electrons. The first-order chi connectivity index (χ1) is 16.4. The number of nitrogens with two attached hydrogens (primary N) is 1. The number of aromatic nitrogens is 1. The third kappa shape index (κ3) is 4.17. The van der Waals surface area contributed by atoms with E-state index in [4.69, 9.17) is 17.3 Å². The molecule has 3 N–H and O–H groups in total. The predicted molar refractivity (Wildman–Crippen MR) is 137 cm³/mol. The van der Waals surface area contributed by atoms with Crippen LogP contribution >= 0.6 is 11.6 Å².